The van der Waals surface area contributed by atoms with E-state index in [1.165, 1.54) is 0 Å². The van der Waals surface area contributed by atoms with Crippen LogP contribution in [0.4, 0.5) is 0 Å². The lowest BCUT2D eigenvalue weighted by Gasteiger charge is -2.04. The number of aromatic hydroxyl groups is 1. The maximum Gasteiger partial charge on any atom is 0.341 e. The summed E-state index contributed by atoms with van der Waals surface area (Å²) in [5, 5.41) is 10.9. The van der Waals surface area contributed by atoms with E-state index in [9.17, 15) is 14.7 Å². The molecule has 0 radical (unpaired) electrons. The lowest BCUT2D eigenvalue weighted by Crippen LogP contribution is -2.04. The second-order valence-corrected chi connectivity index (χ2v) is 8.28. The number of carbonyl (C=O) groups excluding carboxylic acids is 2. The van der Waals surface area contributed by atoms with Crippen LogP contribution in [0.5, 0.6) is 5.75 Å². The van der Waals surface area contributed by atoms with Gasteiger partial charge in [-0.25, -0.2) is 4.79 Å². The number of aromatic nitrogens is 1. The van der Waals surface area contributed by atoms with Crippen LogP contribution in [-0.2, 0) is 4.74 Å². The van der Waals surface area contributed by atoms with Crippen LogP contribution < -0.4 is 0 Å². The summed E-state index contributed by atoms with van der Waals surface area (Å²) in [6.45, 7) is 3.91. The van der Waals surface area contributed by atoms with E-state index in [1.807, 2.05) is 19.1 Å². The van der Waals surface area contributed by atoms with Crippen molar-refractivity contribution in [3.8, 4) is 5.75 Å². The summed E-state index contributed by atoms with van der Waals surface area (Å²) in [7, 11) is 0. The number of hydrogen-bond acceptors (Lipinski definition) is 5. The van der Waals surface area contributed by atoms with Crippen molar-refractivity contribution >= 4 is 54.8 Å². The molecule has 142 valence electrons. The summed E-state index contributed by atoms with van der Waals surface area (Å²) in [5.74, 6) is -0.881. The number of thiophene rings is 1. The highest BCUT2D eigenvalue weighted by Gasteiger charge is 2.28. The van der Waals surface area contributed by atoms with Gasteiger partial charge in [-0.05, 0) is 55.8 Å². The molecule has 0 bridgehead atoms. The average molecular weight is 458 g/mol. The van der Waals surface area contributed by atoms with Crippen LogP contribution in [0.25, 0.3) is 15.7 Å². The van der Waals surface area contributed by atoms with Crippen LogP contribution in [0.1, 0.15) is 38.1 Å². The van der Waals surface area contributed by atoms with Gasteiger partial charge in [-0.1, -0.05) is 15.9 Å². The molecule has 0 amide bonds. The minimum absolute atomic E-state index is 0.123. The first kappa shape index (κ1) is 18.7. The van der Waals surface area contributed by atoms with Gasteiger partial charge >= 0.3 is 5.97 Å². The number of hydrogen-bond donors (Lipinski definition) is 1. The summed E-state index contributed by atoms with van der Waals surface area (Å²) in [6, 6.07) is 10.7. The molecular formula is C21H16BrNO4S. The Labute approximate surface area is 173 Å². The number of rotatable bonds is 4. The van der Waals surface area contributed by atoms with Crippen molar-refractivity contribution in [3.05, 3.63) is 68.6 Å². The fraction of sp³-hybridized carbons (Fsp3) is 0.143. The number of ether oxygens (including phenoxy) is 1. The number of pyridine rings is 1. The van der Waals surface area contributed by atoms with Crippen molar-refractivity contribution in [3.63, 3.8) is 0 Å². The Balaban J connectivity index is 1.98. The predicted molar refractivity (Wildman–Crippen MR) is 113 cm³/mol. The molecule has 28 heavy (non-hydrogen) atoms. The van der Waals surface area contributed by atoms with Crippen LogP contribution in [0.3, 0.4) is 0 Å². The number of benzene rings is 1. The zero-order chi connectivity index (χ0) is 20.0. The van der Waals surface area contributed by atoms with Crippen molar-refractivity contribution in [1.29, 1.82) is 0 Å². The molecule has 7 heteroatoms. The van der Waals surface area contributed by atoms with Gasteiger partial charge in [0.25, 0.3) is 0 Å². The second-order valence-electron chi connectivity index (χ2n) is 6.35. The van der Waals surface area contributed by atoms with Gasteiger partial charge in [-0.2, -0.15) is 0 Å². The third-order valence-corrected chi connectivity index (χ3v) is 6.20. The first-order chi connectivity index (χ1) is 13.4. The fourth-order valence-electron chi connectivity index (χ4n) is 3.20. The van der Waals surface area contributed by atoms with E-state index in [4.69, 9.17) is 4.74 Å². The smallest absolute Gasteiger partial charge is 0.341 e. The van der Waals surface area contributed by atoms with Gasteiger partial charge in [0.05, 0.1) is 16.8 Å². The minimum Gasteiger partial charge on any atom is -0.504 e. The van der Waals surface area contributed by atoms with E-state index in [0.29, 0.717) is 26.9 Å². The zero-order valence-corrected chi connectivity index (χ0v) is 17.6. The molecule has 0 spiro atoms. The van der Waals surface area contributed by atoms with Gasteiger partial charge in [-0.15, -0.1) is 11.3 Å². The largest absolute Gasteiger partial charge is 0.504 e. The van der Waals surface area contributed by atoms with Crippen LogP contribution in [0.15, 0.2) is 47.1 Å². The summed E-state index contributed by atoms with van der Waals surface area (Å²) in [4.78, 5) is 25.8. The van der Waals surface area contributed by atoms with Crippen molar-refractivity contribution in [2.75, 3.05) is 6.61 Å². The number of ketones is 1. The van der Waals surface area contributed by atoms with Crippen LogP contribution in [-0.4, -0.2) is 27.9 Å². The van der Waals surface area contributed by atoms with E-state index in [-0.39, 0.29) is 23.0 Å². The molecule has 0 saturated carbocycles. The number of aryl methyl sites for hydroxylation is 1. The van der Waals surface area contributed by atoms with Crippen molar-refractivity contribution in [1.82, 2.24) is 4.40 Å². The number of halogens is 1. The Morgan fingerprint density at radius 2 is 1.93 bits per heavy atom. The van der Waals surface area contributed by atoms with Gasteiger partial charge in [0.15, 0.2) is 5.75 Å². The van der Waals surface area contributed by atoms with Crippen LogP contribution in [0.2, 0.25) is 0 Å². The first-order valence-electron chi connectivity index (χ1n) is 8.66. The molecule has 0 fully saturated rings. The summed E-state index contributed by atoms with van der Waals surface area (Å²) in [6.07, 6.45) is 1.79. The highest BCUT2D eigenvalue weighted by atomic mass is 79.9. The van der Waals surface area contributed by atoms with E-state index < -0.39 is 5.97 Å². The Morgan fingerprint density at radius 3 is 2.61 bits per heavy atom. The monoisotopic (exact) mass is 457 g/mol. The zero-order valence-electron chi connectivity index (χ0n) is 15.2. The maximum absolute atomic E-state index is 13.0. The molecule has 3 aromatic heterocycles. The highest BCUT2D eigenvalue weighted by molar-refractivity contribution is 9.10. The van der Waals surface area contributed by atoms with E-state index in [2.05, 4.69) is 15.9 Å². The molecule has 3 heterocycles. The Bertz CT molecular complexity index is 1240. The molecule has 5 nitrogen and oxygen atoms in total. The average Bonchev–Trinajstić information content (AvgIpc) is 3.16. The summed E-state index contributed by atoms with van der Waals surface area (Å²) in [5.41, 5.74) is 2.91. The Morgan fingerprint density at radius 1 is 1.21 bits per heavy atom. The summed E-state index contributed by atoms with van der Waals surface area (Å²) < 4.78 is 8.37. The lowest BCUT2D eigenvalue weighted by atomic mass is 10.1. The SMILES string of the molecule is CCOC(=O)c1c2sc(C(=O)c3ccc(Br)cc3)c(O)c2n2ccc(C)cc12. The molecule has 4 aromatic rings. The number of nitrogens with zero attached hydrogens (tertiary/aromatic N) is 1. The van der Waals surface area contributed by atoms with Crippen molar-refractivity contribution < 1.29 is 19.4 Å². The lowest BCUT2D eigenvalue weighted by molar-refractivity contribution is 0.0531. The van der Waals surface area contributed by atoms with Crippen LogP contribution in [0, 0.1) is 6.92 Å². The normalized spacial score (nSPS) is 11.2. The molecule has 0 saturated heterocycles. The topological polar surface area (TPSA) is 68.0 Å². The summed E-state index contributed by atoms with van der Waals surface area (Å²) >= 11 is 4.46. The number of carbonyl (C=O) groups is 2. The number of esters is 1. The Kier molecular flexibility index (Phi) is 4.72. The molecule has 1 N–H and O–H groups in total. The fourth-order valence-corrected chi connectivity index (χ4v) is 4.66. The van der Waals surface area contributed by atoms with E-state index in [0.717, 1.165) is 21.4 Å². The standard InChI is InChI=1S/C21H16BrNO4S/c1-3-27-21(26)15-14-10-11(2)8-9-23(14)16-18(25)20(28-19(15)16)17(24)12-4-6-13(22)7-5-12/h4-10,25H,3H2,1-2H3. The predicted octanol–water partition coefficient (Wildman–Crippen LogP) is 5.34. The molecule has 0 aliphatic heterocycles. The van der Waals surface area contributed by atoms with Crippen molar-refractivity contribution in [2.45, 2.75) is 13.8 Å². The third kappa shape index (κ3) is 2.91. The van der Waals surface area contributed by atoms with Gasteiger partial charge in [0.2, 0.25) is 5.78 Å². The quantitative estimate of drug-likeness (QED) is 0.331. The Hall–Kier alpha value is -2.64. The molecule has 0 aliphatic rings. The third-order valence-electron chi connectivity index (χ3n) is 4.49. The molecule has 0 atom stereocenters. The van der Waals surface area contributed by atoms with E-state index >= 15 is 0 Å². The molecular weight excluding hydrogens is 442 g/mol. The van der Waals surface area contributed by atoms with Gasteiger partial charge in [0, 0.05) is 16.2 Å². The second kappa shape index (κ2) is 7.07. The van der Waals surface area contributed by atoms with Gasteiger partial charge in [-0.3, -0.25) is 4.79 Å². The van der Waals surface area contributed by atoms with Crippen molar-refractivity contribution in [2.24, 2.45) is 0 Å². The minimum atomic E-state index is -0.468. The molecule has 0 aliphatic carbocycles. The molecule has 4 rings (SSSR count). The number of fused-ring (bicyclic) bond motifs is 3. The first-order valence-corrected chi connectivity index (χ1v) is 10.3. The maximum atomic E-state index is 13.0. The van der Waals surface area contributed by atoms with Crippen LogP contribution >= 0.6 is 27.3 Å². The molecule has 1 aromatic carbocycles. The highest BCUT2D eigenvalue weighted by Crippen LogP contribution is 2.43. The van der Waals surface area contributed by atoms with Gasteiger partial charge in [0.1, 0.15) is 16.0 Å². The molecule has 0 unspecified atom stereocenters. The van der Waals surface area contributed by atoms with Gasteiger partial charge < -0.3 is 14.2 Å². The van der Waals surface area contributed by atoms with E-state index in [1.54, 1.807) is 41.8 Å².